The van der Waals surface area contributed by atoms with Crippen LogP contribution in [0.2, 0.25) is 0 Å². The van der Waals surface area contributed by atoms with Crippen LogP contribution in [0, 0.1) is 11.6 Å². The van der Waals surface area contributed by atoms with E-state index < -0.39 is 43.7 Å². The van der Waals surface area contributed by atoms with Gasteiger partial charge in [-0.25, -0.2) is 21.9 Å². The molecule has 0 saturated carbocycles. The van der Waals surface area contributed by atoms with Gasteiger partial charge in [-0.3, -0.25) is 4.79 Å². The van der Waals surface area contributed by atoms with E-state index in [0.29, 0.717) is 6.07 Å². The average Bonchev–Trinajstić information content (AvgIpc) is 2.29. The standard InChI is InChI=1S/C13H19F2N3O3S/c1-13(2,3)18-22(20,21)11-6-10(8(14)5-9(11)15)17-12(19)7-16-4/h5-6,16,18H,7H2,1-4H3,(H,17,19). The van der Waals surface area contributed by atoms with Crippen LogP contribution in [0.4, 0.5) is 14.5 Å². The Morgan fingerprint density at radius 1 is 1.18 bits per heavy atom. The molecule has 124 valence electrons. The Morgan fingerprint density at radius 3 is 2.27 bits per heavy atom. The minimum absolute atomic E-state index is 0.0981. The molecule has 0 aliphatic carbocycles. The summed E-state index contributed by atoms with van der Waals surface area (Å²) in [6.07, 6.45) is 0. The van der Waals surface area contributed by atoms with E-state index in [4.69, 9.17) is 0 Å². The number of carbonyl (C=O) groups is 1. The highest BCUT2D eigenvalue weighted by molar-refractivity contribution is 7.89. The molecule has 22 heavy (non-hydrogen) atoms. The quantitative estimate of drug-likeness (QED) is 0.754. The van der Waals surface area contributed by atoms with Gasteiger partial charge in [-0.2, -0.15) is 0 Å². The summed E-state index contributed by atoms with van der Waals surface area (Å²) in [5.41, 5.74) is -1.24. The third-order valence-electron chi connectivity index (χ3n) is 2.36. The Kier molecular flexibility index (Phi) is 5.60. The number of halogens is 2. The van der Waals surface area contributed by atoms with Gasteiger partial charge in [0, 0.05) is 11.6 Å². The maximum absolute atomic E-state index is 13.8. The molecule has 0 bridgehead atoms. The Balaban J connectivity index is 3.24. The van der Waals surface area contributed by atoms with Crippen LogP contribution < -0.4 is 15.4 Å². The summed E-state index contributed by atoms with van der Waals surface area (Å²) in [7, 11) is -2.68. The molecule has 0 fully saturated rings. The highest BCUT2D eigenvalue weighted by Gasteiger charge is 2.26. The summed E-state index contributed by atoms with van der Waals surface area (Å²) in [6, 6.07) is 1.18. The lowest BCUT2D eigenvalue weighted by Gasteiger charge is -2.21. The minimum Gasteiger partial charge on any atom is -0.322 e. The van der Waals surface area contributed by atoms with Crippen molar-refractivity contribution < 1.29 is 22.0 Å². The van der Waals surface area contributed by atoms with E-state index in [9.17, 15) is 22.0 Å². The molecule has 0 aliphatic rings. The smallest absolute Gasteiger partial charge is 0.244 e. The second-order valence-electron chi connectivity index (χ2n) is 5.70. The van der Waals surface area contributed by atoms with E-state index in [2.05, 4.69) is 15.4 Å². The Hall–Kier alpha value is -1.58. The van der Waals surface area contributed by atoms with Gasteiger partial charge < -0.3 is 10.6 Å². The number of likely N-dealkylation sites (N-methyl/N-ethyl adjacent to an activating group) is 1. The van der Waals surface area contributed by atoms with Crippen molar-refractivity contribution in [1.82, 2.24) is 10.0 Å². The van der Waals surface area contributed by atoms with Crippen LogP contribution in [0.3, 0.4) is 0 Å². The van der Waals surface area contributed by atoms with Gasteiger partial charge in [0.2, 0.25) is 15.9 Å². The molecule has 0 unspecified atom stereocenters. The highest BCUT2D eigenvalue weighted by Crippen LogP contribution is 2.24. The van der Waals surface area contributed by atoms with Gasteiger partial charge in [-0.05, 0) is 33.9 Å². The van der Waals surface area contributed by atoms with Crippen LogP contribution in [0.1, 0.15) is 20.8 Å². The van der Waals surface area contributed by atoms with Gasteiger partial charge in [0.15, 0.2) is 0 Å². The maximum Gasteiger partial charge on any atom is 0.244 e. The van der Waals surface area contributed by atoms with Gasteiger partial charge in [0.1, 0.15) is 16.5 Å². The molecule has 1 aromatic rings. The number of anilines is 1. The second kappa shape index (κ2) is 6.67. The second-order valence-corrected chi connectivity index (χ2v) is 7.35. The van der Waals surface area contributed by atoms with Crippen molar-refractivity contribution in [1.29, 1.82) is 0 Å². The largest absolute Gasteiger partial charge is 0.322 e. The summed E-state index contributed by atoms with van der Waals surface area (Å²) >= 11 is 0. The third kappa shape index (κ3) is 5.00. The molecule has 9 heteroatoms. The van der Waals surface area contributed by atoms with Crippen LogP contribution in [0.15, 0.2) is 17.0 Å². The van der Waals surface area contributed by atoms with Crippen LogP contribution in [0.25, 0.3) is 0 Å². The van der Waals surface area contributed by atoms with E-state index in [0.717, 1.165) is 6.07 Å². The number of amides is 1. The van der Waals surface area contributed by atoms with Gasteiger partial charge in [-0.1, -0.05) is 0 Å². The highest BCUT2D eigenvalue weighted by atomic mass is 32.2. The van der Waals surface area contributed by atoms with Gasteiger partial charge >= 0.3 is 0 Å². The van der Waals surface area contributed by atoms with Crippen LogP contribution in [-0.2, 0) is 14.8 Å². The SMILES string of the molecule is CNCC(=O)Nc1cc(S(=O)(=O)NC(C)(C)C)c(F)cc1F. The fourth-order valence-electron chi connectivity index (χ4n) is 1.64. The molecule has 0 radical (unpaired) electrons. The van der Waals surface area contributed by atoms with Crippen LogP contribution in [0.5, 0.6) is 0 Å². The first kappa shape index (κ1) is 18.5. The number of benzene rings is 1. The molecule has 1 rings (SSSR count). The Bertz CT molecular complexity index is 670. The number of carbonyl (C=O) groups excluding carboxylic acids is 1. The topological polar surface area (TPSA) is 87.3 Å². The number of nitrogens with one attached hydrogen (secondary N) is 3. The fraction of sp³-hybridized carbons (Fsp3) is 0.462. The molecule has 0 saturated heterocycles. The molecule has 0 spiro atoms. The Labute approximate surface area is 128 Å². The summed E-state index contributed by atoms with van der Waals surface area (Å²) in [5, 5.41) is 4.73. The van der Waals surface area contributed by atoms with E-state index >= 15 is 0 Å². The normalized spacial score (nSPS) is 12.3. The molecular weight excluding hydrogens is 316 g/mol. The fourth-order valence-corrected chi connectivity index (χ4v) is 3.15. The third-order valence-corrected chi connectivity index (χ3v) is 4.14. The molecule has 1 aromatic carbocycles. The predicted molar refractivity (Wildman–Crippen MR) is 79.0 cm³/mol. The molecular formula is C13H19F2N3O3S. The monoisotopic (exact) mass is 335 g/mol. The predicted octanol–water partition coefficient (Wildman–Crippen LogP) is 1.20. The summed E-state index contributed by atoms with van der Waals surface area (Å²) in [5.74, 6) is -2.88. The molecule has 0 heterocycles. The van der Waals surface area contributed by atoms with Crippen molar-refractivity contribution >= 4 is 21.6 Å². The molecule has 0 atom stereocenters. The summed E-state index contributed by atoms with van der Waals surface area (Å²) < 4.78 is 54.0. The van der Waals surface area contributed by atoms with E-state index in [1.54, 1.807) is 20.8 Å². The zero-order chi connectivity index (χ0) is 17.1. The van der Waals surface area contributed by atoms with Crippen molar-refractivity contribution in [3.8, 4) is 0 Å². The number of rotatable bonds is 5. The lowest BCUT2D eigenvalue weighted by Crippen LogP contribution is -2.40. The molecule has 6 nitrogen and oxygen atoms in total. The average molecular weight is 335 g/mol. The Morgan fingerprint density at radius 2 is 1.77 bits per heavy atom. The summed E-state index contributed by atoms with van der Waals surface area (Å²) in [4.78, 5) is 10.7. The van der Waals surface area contributed by atoms with Crippen molar-refractivity contribution in [3.05, 3.63) is 23.8 Å². The lowest BCUT2D eigenvalue weighted by atomic mass is 10.1. The lowest BCUT2D eigenvalue weighted by molar-refractivity contribution is -0.115. The van der Waals surface area contributed by atoms with Crippen LogP contribution in [-0.4, -0.2) is 33.5 Å². The number of sulfonamides is 1. The van der Waals surface area contributed by atoms with E-state index in [1.165, 1.54) is 7.05 Å². The van der Waals surface area contributed by atoms with Crippen molar-refractivity contribution in [2.75, 3.05) is 18.9 Å². The zero-order valence-corrected chi connectivity index (χ0v) is 13.6. The van der Waals surface area contributed by atoms with Crippen molar-refractivity contribution in [2.24, 2.45) is 0 Å². The van der Waals surface area contributed by atoms with Crippen LogP contribution >= 0.6 is 0 Å². The van der Waals surface area contributed by atoms with Crippen molar-refractivity contribution in [3.63, 3.8) is 0 Å². The zero-order valence-electron chi connectivity index (χ0n) is 12.8. The minimum atomic E-state index is -4.19. The summed E-state index contributed by atoms with van der Waals surface area (Å²) in [6.45, 7) is 4.66. The first-order valence-corrected chi connectivity index (χ1v) is 7.92. The number of hydrogen-bond donors (Lipinski definition) is 3. The molecule has 0 aliphatic heterocycles. The van der Waals surface area contributed by atoms with Crippen molar-refractivity contribution in [2.45, 2.75) is 31.2 Å². The van der Waals surface area contributed by atoms with E-state index in [1.807, 2.05) is 0 Å². The first-order valence-electron chi connectivity index (χ1n) is 6.44. The number of hydrogen-bond acceptors (Lipinski definition) is 4. The maximum atomic E-state index is 13.8. The first-order chi connectivity index (χ1) is 9.96. The van der Waals surface area contributed by atoms with Gasteiger partial charge in [0.25, 0.3) is 0 Å². The molecule has 3 N–H and O–H groups in total. The van der Waals surface area contributed by atoms with Gasteiger partial charge in [-0.15, -0.1) is 0 Å². The van der Waals surface area contributed by atoms with E-state index in [-0.39, 0.29) is 6.54 Å². The van der Waals surface area contributed by atoms with Gasteiger partial charge in [0.05, 0.1) is 12.2 Å². The molecule has 1 amide bonds. The molecule has 0 aromatic heterocycles.